The molecule has 3 unspecified atom stereocenters. The van der Waals surface area contributed by atoms with Crippen LogP contribution in [0.3, 0.4) is 0 Å². The summed E-state index contributed by atoms with van der Waals surface area (Å²) in [6.45, 7) is 9.29. The van der Waals surface area contributed by atoms with Gasteiger partial charge in [-0.3, -0.25) is 0 Å². The Labute approximate surface area is 94.5 Å². The molecule has 0 aromatic rings. The van der Waals surface area contributed by atoms with E-state index in [1.165, 1.54) is 19.3 Å². The van der Waals surface area contributed by atoms with Crippen molar-refractivity contribution < 1.29 is 0 Å². The summed E-state index contributed by atoms with van der Waals surface area (Å²) < 4.78 is 0. The molecule has 2 rings (SSSR count). The van der Waals surface area contributed by atoms with Crippen LogP contribution in [0.25, 0.3) is 0 Å². The zero-order valence-electron chi connectivity index (χ0n) is 10.5. The van der Waals surface area contributed by atoms with Gasteiger partial charge in [-0.1, -0.05) is 29.7 Å². The van der Waals surface area contributed by atoms with Gasteiger partial charge < -0.3 is 0 Å². The Balaban J connectivity index is 2.26. The van der Waals surface area contributed by atoms with E-state index in [4.69, 9.17) is 0 Å². The largest absolute Gasteiger partial charge is 0.0816 e. The second-order valence-electron chi connectivity index (χ2n) is 5.64. The first-order valence-electron chi connectivity index (χ1n) is 6.24. The van der Waals surface area contributed by atoms with Gasteiger partial charge in [-0.05, 0) is 64.2 Å². The molecule has 0 aliphatic heterocycles. The van der Waals surface area contributed by atoms with E-state index in [0.29, 0.717) is 0 Å². The molecule has 3 atom stereocenters. The molecule has 0 spiro atoms. The minimum absolute atomic E-state index is 0.837. The van der Waals surface area contributed by atoms with E-state index < -0.39 is 0 Å². The Kier molecular flexibility index (Phi) is 3.04. The van der Waals surface area contributed by atoms with Crippen LogP contribution in [0.4, 0.5) is 0 Å². The normalized spacial score (nSPS) is 35.9. The van der Waals surface area contributed by atoms with Crippen molar-refractivity contribution in [3.8, 4) is 0 Å². The Morgan fingerprint density at radius 1 is 1.27 bits per heavy atom. The standard InChI is InChI=1S/C15H23/c1-10(2)13-8-14-11(3)6-5-7-12(4)15(14)9-13/h5-6,12,14-15H,7-9H2,1-4H3. The van der Waals surface area contributed by atoms with Gasteiger partial charge in [0.1, 0.15) is 0 Å². The smallest absolute Gasteiger partial charge is 0.0135 e. The van der Waals surface area contributed by atoms with E-state index in [2.05, 4.69) is 40.2 Å². The first-order chi connectivity index (χ1) is 7.09. The maximum absolute atomic E-state index is 2.43. The molecule has 0 bridgehead atoms. The third-order valence-corrected chi connectivity index (χ3v) is 4.38. The van der Waals surface area contributed by atoms with Crippen LogP contribution < -0.4 is 0 Å². The lowest BCUT2D eigenvalue weighted by atomic mass is 9.82. The van der Waals surface area contributed by atoms with Crippen molar-refractivity contribution in [2.75, 3.05) is 0 Å². The van der Waals surface area contributed by atoms with Crippen molar-refractivity contribution in [2.24, 2.45) is 17.8 Å². The predicted octanol–water partition coefficient (Wildman–Crippen LogP) is 4.54. The average Bonchev–Trinajstić information content (AvgIpc) is 2.57. The van der Waals surface area contributed by atoms with E-state index in [1.54, 1.807) is 16.7 Å². The highest BCUT2D eigenvalue weighted by Crippen LogP contribution is 2.47. The minimum Gasteiger partial charge on any atom is -0.0816 e. The van der Waals surface area contributed by atoms with Crippen molar-refractivity contribution in [1.29, 1.82) is 0 Å². The van der Waals surface area contributed by atoms with Gasteiger partial charge in [-0.15, -0.1) is 0 Å². The van der Waals surface area contributed by atoms with Gasteiger partial charge in [-0.2, -0.15) is 0 Å². The maximum Gasteiger partial charge on any atom is -0.0135 e. The lowest BCUT2D eigenvalue weighted by Crippen LogP contribution is -2.15. The van der Waals surface area contributed by atoms with Crippen LogP contribution >= 0.6 is 0 Å². The van der Waals surface area contributed by atoms with Crippen molar-refractivity contribution in [3.63, 3.8) is 0 Å². The van der Waals surface area contributed by atoms with Gasteiger partial charge in [0.15, 0.2) is 0 Å². The molecule has 0 heterocycles. The highest BCUT2D eigenvalue weighted by molar-refractivity contribution is 5.25. The van der Waals surface area contributed by atoms with Gasteiger partial charge in [0.25, 0.3) is 0 Å². The summed E-state index contributed by atoms with van der Waals surface area (Å²) in [5, 5.41) is 0. The number of fused-ring (bicyclic) bond motifs is 1. The molecule has 0 saturated heterocycles. The second-order valence-corrected chi connectivity index (χ2v) is 5.64. The van der Waals surface area contributed by atoms with Gasteiger partial charge >= 0.3 is 0 Å². The molecule has 0 N–H and O–H groups in total. The molecule has 83 valence electrons. The Morgan fingerprint density at radius 2 is 2.00 bits per heavy atom. The van der Waals surface area contributed by atoms with Gasteiger partial charge in [0.2, 0.25) is 0 Å². The van der Waals surface area contributed by atoms with Gasteiger partial charge in [0, 0.05) is 0 Å². The first kappa shape index (κ1) is 11.0. The summed E-state index contributed by atoms with van der Waals surface area (Å²) in [4.78, 5) is 0. The molecule has 0 nitrogen and oxygen atoms in total. The molecule has 0 heteroatoms. The molecule has 0 aromatic carbocycles. The van der Waals surface area contributed by atoms with Crippen LogP contribution in [0.15, 0.2) is 22.8 Å². The number of hydrogen-bond donors (Lipinski definition) is 0. The lowest BCUT2D eigenvalue weighted by molar-refractivity contribution is 0.313. The number of rotatable bonds is 0. The topological polar surface area (TPSA) is 0 Å². The lowest BCUT2D eigenvalue weighted by Gasteiger charge is -2.23. The molecule has 0 aromatic heterocycles. The summed E-state index contributed by atoms with van der Waals surface area (Å²) in [6, 6.07) is 0. The Hall–Kier alpha value is -0.520. The van der Waals surface area contributed by atoms with E-state index in [1.807, 2.05) is 0 Å². The molecule has 2 aliphatic rings. The summed E-state index contributed by atoms with van der Waals surface area (Å²) >= 11 is 0. The summed E-state index contributed by atoms with van der Waals surface area (Å²) in [7, 11) is 0. The Bertz CT molecular complexity index is 302. The minimum atomic E-state index is 0.837. The van der Waals surface area contributed by atoms with Crippen LogP contribution in [-0.4, -0.2) is 0 Å². The highest BCUT2D eigenvalue weighted by atomic mass is 14.4. The quantitative estimate of drug-likeness (QED) is 0.507. The molecule has 15 heavy (non-hydrogen) atoms. The van der Waals surface area contributed by atoms with Crippen molar-refractivity contribution in [2.45, 2.75) is 47.0 Å². The summed E-state index contributed by atoms with van der Waals surface area (Å²) in [5.74, 6) is 2.61. The number of hydrogen-bond acceptors (Lipinski definition) is 0. The van der Waals surface area contributed by atoms with E-state index in [0.717, 1.165) is 17.8 Å². The van der Waals surface area contributed by atoms with Gasteiger partial charge in [-0.25, -0.2) is 0 Å². The van der Waals surface area contributed by atoms with Crippen molar-refractivity contribution >= 4 is 0 Å². The average molecular weight is 203 g/mol. The van der Waals surface area contributed by atoms with Crippen molar-refractivity contribution in [3.05, 3.63) is 29.2 Å². The van der Waals surface area contributed by atoms with Crippen molar-refractivity contribution in [1.82, 2.24) is 0 Å². The van der Waals surface area contributed by atoms with Gasteiger partial charge in [0.05, 0.1) is 0 Å². The fourth-order valence-electron chi connectivity index (χ4n) is 3.20. The molecular formula is C15H23. The van der Waals surface area contributed by atoms with E-state index >= 15 is 0 Å². The Morgan fingerprint density at radius 3 is 2.67 bits per heavy atom. The third kappa shape index (κ3) is 2.04. The van der Waals surface area contributed by atoms with Crippen LogP contribution in [0.1, 0.15) is 47.0 Å². The summed E-state index contributed by atoms with van der Waals surface area (Å²) in [5.41, 5.74) is 4.90. The zero-order valence-corrected chi connectivity index (χ0v) is 10.5. The predicted molar refractivity (Wildman–Crippen MR) is 66.4 cm³/mol. The zero-order chi connectivity index (χ0) is 11.0. The van der Waals surface area contributed by atoms with Crippen LogP contribution in [0.2, 0.25) is 0 Å². The molecular weight excluding hydrogens is 180 g/mol. The molecule has 0 amide bonds. The fraction of sp³-hybridized carbons (Fsp3) is 0.667. The second kappa shape index (κ2) is 4.15. The highest BCUT2D eigenvalue weighted by Gasteiger charge is 2.36. The molecule has 1 fully saturated rings. The SMILES string of the molecule is CC1=C[CH]CC(C)C2CC(=C(C)C)CC12. The fourth-order valence-corrected chi connectivity index (χ4v) is 3.20. The molecule has 2 aliphatic carbocycles. The first-order valence-corrected chi connectivity index (χ1v) is 6.24. The molecule has 1 saturated carbocycles. The van der Waals surface area contributed by atoms with Crippen LogP contribution in [0, 0.1) is 24.2 Å². The maximum atomic E-state index is 2.43. The third-order valence-electron chi connectivity index (χ3n) is 4.38. The van der Waals surface area contributed by atoms with Crippen LogP contribution in [0.5, 0.6) is 0 Å². The monoisotopic (exact) mass is 203 g/mol. The van der Waals surface area contributed by atoms with Crippen LogP contribution in [-0.2, 0) is 0 Å². The summed E-state index contributed by atoms with van der Waals surface area (Å²) in [6.07, 6.45) is 8.70. The molecule has 1 radical (unpaired) electrons. The number of allylic oxidation sites excluding steroid dienone is 4. The van der Waals surface area contributed by atoms with E-state index in [9.17, 15) is 0 Å². The van der Waals surface area contributed by atoms with E-state index in [-0.39, 0.29) is 0 Å².